The van der Waals surface area contributed by atoms with Crippen LogP contribution in [0.15, 0.2) is 48.6 Å². The third-order valence-corrected chi connectivity index (χ3v) is 2.85. The molecule has 0 saturated carbocycles. The maximum atomic E-state index is 9.09. The van der Waals surface area contributed by atoms with Gasteiger partial charge in [-0.2, -0.15) is 5.26 Å². The SMILES string of the molecule is Cc1ccc(NC2(N)C=CC=CC2C#N)cc1. The molecule has 0 bridgehead atoms. The van der Waals surface area contributed by atoms with Crippen molar-refractivity contribution in [3.63, 3.8) is 0 Å². The summed E-state index contributed by atoms with van der Waals surface area (Å²) in [5.41, 5.74) is 7.48. The number of rotatable bonds is 2. The van der Waals surface area contributed by atoms with Crippen LogP contribution in [-0.4, -0.2) is 5.66 Å². The highest BCUT2D eigenvalue weighted by Gasteiger charge is 2.32. The Kier molecular flexibility index (Phi) is 2.99. The Bertz CT molecular complexity index is 493. The number of hydrogen-bond donors (Lipinski definition) is 2. The molecule has 0 heterocycles. The van der Waals surface area contributed by atoms with Gasteiger partial charge < -0.3 is 11.1 Å². The molecule has 1 aliphatic carbocycles. The fourth-order valence-corrected chi connectivity index (χ4v) is 1.81. The number of aryl methyl sites for hydroxylation is 1. The fraction of sp³-hybridized carbons (Fsp3) is 0.214. The lowest BCUT2D eigenvalue weighted by molar-refractivity contribution is 0.518. The molecule has 1 aromatic rings. The normalized spacial score (nSPS) is 26.5. The van der Waals surface area contributed by atoms with Crippen molar-refractivity contribution in [1.29, 1.82) is 5.26 Å². The molecule has 0 amide bonds. The van der Waals surface area contributed by atoms with Gasteiger partial charge in [-0.25, -0.2) is 0 Å². The zero-order chi connectivity index (χ0) is 12.3. The first kappa shape index (κ1) is 11.4. The maximum Gasteiger partial charge on any atom is 0.125 e. The lowest BCUT2D eigenvalue weighted by atomic mass is 9.90. The average Bonchev–Trinajstić information content (AvgIpc) is 2.32. The van der Waals surface area contributed by atoms with Crippen molar-refractivity contribution in [2.45, 2.75) is 12.6 Å². The predicted octanol–water partition coefficient (Wildman–Crippen LogP) is 2.33. The third kappa shape index (κ3) is 2.38. The van der Waals surface area contributed by atoms with Crippen molar-refractivity contribution >= 4 is 5.69 Å². The second-order valence-corrected chi connectivity index (χ2v) is 4.27. The van der Waals surface area contributed by atoms with Crippen LogP contribution in [0.25, 0.3) is 0 Å². The topological polar surface area (TPSA) is 61.8 Å². The highest BCUT2D eigenvalue weighted by Crippen LogP contribution is 2.24. The van der Waals surface area contributed by atoms with Crippen molar-refractivity contribution in [3.8, 4) is 6.07 Å². The molecular weight excluding hydrogens is 210 g/mol. The molecule has 1 aliphatic rings. The van der Waals surface area contributed by atoms with E-state index in [0.29, 0.717) is 0 Å². The van der Waals surface area contributed by atoms with Gasteiger partial charge in [0, 0.05) is 5.69 Å². The van der Waals surface area contributed by atoms with E-state index in [1.807, 2.05) is 49.4 Å². The van der Waals surface area contributed by atoms with Crippen molar-refractivity contribution in [1.82, 2.24) is 0 Å². The van der Waals surface area contributed by atoms with Gasteiger partial charge in [0.1, 0.15) is 11.6 Å². The van der Waals surface area contributed by atoms with Crippen LogP contribution in [0.5, 0.6) is 0 Å². The minimum Gasteiger partial charge on any atom is -0.363 e. The molecule has 3 N–H and O–H groups in total. The van der Waals surface area contributed by atoms with Crippen LogP contribution >= 0.6 is 0 Å². The van der Waals surface area contributed by atoms with E-state index >= 15 is 0 Å². The molecule has 2 rings (SSSR count). The molecule has 0 spiro atoms. The molecule has 0 aromatic heterocycles. The second-order valence-electron chi connectivity index (χ2n) is 4.27. The van der Waals surface area contributed by atoms with Crippen molar-refractivity contribution < 1.29 is 0 Å². The molecule has 17 heavy (non-hydrogen) atoms. The van der Waals surface area contributed by atoms with Gasteiger partial charge in [-0.3, -0.25) is 0 Å². The molecule has 2 atom stereocenters. The summed E-state index contributed by atoms with van der Waals surface area (Å²) in [6.45, 7) is 2.03. The van der Waals surface area contributed by atoms with E-state index in [9.17, 15) is 0 Å². The fourth-order valence-electron chi connectivity index (χ4n) is 1.81. The molecule has 0 fully saturated rings. The summed E-state index contributed by atoms with van der Waals surface area (Å²) in [4.78, 5) is 0. The molecule has 3 heteroatoms. The first-order valence-electron chi connectivity index (χ1n) is 5.53. The summed E-state index contributed by atoms with van der Waals surface area (Å²) in [6, 6.07) is 10.1. The monoisotopic (exact) mass is 225 g/mol. The quantitative estimate of drug-likeness (QED) is 0.759. The number of hydrogen-bond acceptors (Lipinski definition) is 3. The zero-order valence-electron chi connectivity index (χ0n) is 9.72. The summed E-state index contributed by atoms with van der Waals surface area (Å²) in [5, 5.41) is 12.3. The van der Waals surface area contributed by atoms with Gasteiger partial charge in [0.05, 0.1) is 6.07 Å². The van der Waals surface area contributed by atoms with Crippen LogP contribution < -0.4 is 11.1 Å². The van der Waals surface area contributed by atoms with Gasteiger partial charge in [-0.1, -0.05) is 35.9 Å². The number of benzene rings is 1. The Morgan fingerprint density at radius 3 is 2.65 bits per heavy atom. The Labute approximate surface area is 101 Å². The molecule has 86 valence electrons. The van der Waals surface area contributed by atoms with Crippen LogP contribution in [0.4, 0.5) is 5.69 Å². The number of allylic oxidation sites excluding steroid dienone is 2. The van der Waals surface area contributed by atoms with Gasteiger partial charge >= 0.3 is 0 Å². The van der Waals surface area contributed by atoms with Gasteiger partial charge in [0.15, 0.2) is 0 Å². The van der Waals surface area contributed by atoms with Crippen LogP contribution in [0, 0.1) is 24.2 Å². The zero-order valence-corrected chi connectivity index (χ0v) is 9.72. The lowest BCUT2D eigenvalue weighted by Crippen LogP contribution is -2.52. The van der Waals surface area contributed by atoms with E-state index in [-0.39, 0.29) is 5.92 Å². The Morgan fingerprint density at radius 1 is 1.29 bits per heavy atom. The Morgan fingerprint density at radius 2 is 2.00 bits per heavy atom. The molecule has 0 aliphatic heterocycles. The van der Waals surface area contributed by atoms with Gasteiger partial charge in [-0.05, 0) is 25.1 Å². The number of anilines is 1. The number of nitrogens with zero attached hydrogens (tertiary/aromatic N) is 1. The number of nitrogens with one attached hydrogen (secondary N) is 1. The van der Waals surface area contributed by atoms with Crippen molar-refractivity contribution in [2.75, 3.05) is 5.32 Å². The standard InChI is InChI=1S/C14H15N3/c1-11-5-7-13(8-6-11)17-14(16)9-3-2-4-12(14)10-15/h2-9,12,17H,16H2,1H3. The molecule has 1 aromatic carbocycles. The summed E-state index contributed by atoms with van der Waals surface area (Å²) >= 11 is 0. The molecule has 3 nitrogen and oxygen atoms in total. The third-order valence-electron chi connectivity index (χ3n) is 2.85. The summed E-state index contributed by atoms with van der Waals surface area (Å²) < 4.78 is 0. The minimum absolute atomic E-state index is 0.367. The van der Waals surface area contributed by atoms with E-state index in [1.54, 1.807) is 6.08 Å². The van der Waals surface area contributed by atoms with E-state index in [1.165, 1.54) is 5.56 Å². The summed E-state index contributed by atoms with van der Waals surface area (Å²) in [5.74, 6) is -0.367. The minimum atomic E-state index is -0.835. The van der Waals surface area contributed by atoms with Gasteiger partial charge in [0.2, 0.25) is 0 Å². The number of nitrogens with two attached hydrogens (primary N) is 1. The molecular formula is C14H15N3. The van der Waals surface area contributed by atoms with Crippen LogP contribution in [0.1, 0.15) is 5.56 Å². The van der Waals surface area contributed by atoms with Crippen molar-refractivity contribution in [3.05, 3.63) is 54.1 Å². The first-order valence-corrected chi connectivity index (χ1v) is 5.53. The van der Waals surface area contributed by atoms with Gasteiger partial charge in [-0.15, -0.1) is 0 Å². The smallest absolute Gasteiger partial charge is 0.125 e. The van der Waals surface area contributed by atoms with Crippen LogP contribution in [-0.2, 0) is 0 Å². The van der Waals surface area contributed by atoms with E-state index in [2.05, 4.69) is 11.4 Å². The van der Waals surface area contributed by atoms with E-state index in [0.717, 1.165) is 5.69 Å². The van der Waals surface area contributed by atoms with Crippen LogP contribution in [0.2, 0.25) is 0 Å². The molecule has 2 unspecified atom stereocenters. The highest BCUT2D eigenvalue weighted by molar-refractivity contribution is 5.50. The molecule has 0 radical (unpaired) electrons. The van der Waals surface area contributed by atoms with Gasteiger partial charge in [0.25, 0.3) is 0 Å². The van der Waals surface area contributed by atoms with E-state index < -0.39 is 5.66 Å². The van der Waals surface area contributed by atoms with E-state index in [4.69, 9.17) is 11.0 Å². The first-order chi connectivity index (χ1) is 8.14. The predicted molar refractivity (Wildman–Crippen MR) is 69.1 cm³/mol. The molecule has 0 saturated heterocycles. The lowest BCUT2D eigenvalue weighted by Gasteiger charge is -2.32. The Balaban J connectivity index is 2.22. The Hall–Kier alpha value is -2.05. The summed E-state index contributed by atoms with van der Waals surface area (Å²) in [6.07, 6.45) is 7.33. The second kappa shape index (κ2) is 4.44. The number of nitriles is 1. The average molecular weight is 225 g/mol. The summed E-state index contributed by atoms with van der Waals surface area (Å²) in [7, 11) is 0. The van der Waals surface area contributed by atoms with Crippen LogP contribution in [0.3, 0.4) is 0 Å². The highest BCUT2D eigenvalue weighted by atomic mass is 15.1. The maximum absolute atomic E-state index is 9.09. The van der Waals surface area contributed by atoms with Crippen molar-refractivity contribution in [2.24, 2.45) is 11.7 Å². The largest absolute Gasteiger partial charge is 0.363 e.